The van der Waals surface area contributed by atoms with Gasteiger partial charge >= 0.3 is 0 Å². The molecule has 0 atom stereocenters. The Kier molecular flexibility index (Phi) is 2.85. The highest BCUT2D eigenvalue weighted by molar-refractivity contribution is 9.10. The first-order valence-corrected chi connectivity index (χ1v) is 4.47. The number of benzene rings is 1. The minimum atomic E-state index is -0.619. The molecule has 1 aromatic rings. The van der Waals surface area contributed by atoms with Crippen molar-refractivity contribution in [3.63, 3.8) is 0 Å². The second-order valence-corrected chi connectivity index (χ2v) is 3.56. The van der Waals surface area contributed by atoms with Gasteiger partial charge in [-0.1, -0.05) is 0 Å². The highest BCUT2D eigenvalue weighted by Crippen LogP contribution is 2.31. The number of carbonyl (C=O) groups is 1. The van der Waals surface area contributed by atoms with E-state index in [1.807, 2.05) is 0 Å². The van der Waals surface area contributed by atoms with Crippen LogP contribution in [-0.4, -0.2) is 10.7 Å². The molecule has 0 aromatic heterocycles. The van der Waals surface area contributed by atoms with Crippen LogP contribution in [0, 0.1) is 10.1 Å². The average molecular weight is 259 g/mol. The van der Waals surface area contributed by atoms with Crippen LogP contribution in [0.4, 0.5) is 11.4 Å². The minimum absolute atomic E-state index is 0.0278. The number of nitrogens with zero attached hydrogens (tertiary/aromatic N) is 1. The van der Waals surface area contributed by atoms with Crippen molar-refractivity contribution < 1.29 is 9.72 Å². The van der Waals surface area contributed by atoms with E-state index < -0.39 is 4.92 Å². The molecular weight excluding hydrogens is 252 g/mol. The predicted molar refractivity (Wildman–Crippen MR) is 55.2 cm³/mol. The Morgan fingerprint density at radius 3 is 2.57 bits per heavy atom. The second kappa shape index (κ2) is 3.75. The predicted octanol–water partition coefficient (Wildman–Crippen LogP) is 2.14. The van der Waals surface area contributed by atoms with Gasteiger partial charge in [0.25, 0.3) is 5.69 Å². The highest BCUT2D eigenvalue weighted by Gasteiger charge is 2.17. The highest BCUT2D eigenvalue weighted by atomic mass is 79.9. The molecule has 0 saturated heterocycles. The number of nitrogens with two attached hydrogens (primary N) is 1. The zero-order valence-corrected chi connectivity index (χ0v) is 8.87. The summed E-state index contributed by atoms with van der Waals surface area (Å²) >= 11 is 3.05. The molecule has 0 fully saturated rings. The van der Waals surface area contributed by atoms with Crippen LogP contribution in [0.5, 0.6) is 0 Å². The largest absolute Gasteiger partial charge is 0.392 e. The van der Waals surface area contributed by atoms with Crippen LogP contribution in [0.2, 0.25) is 0 Å². The number of carbonyl (C=O) groups excluding carboxylic acids is 1. The van der Waals surface area contributed by atoms with Crippen LogP contribution in [0.1, 0.15) is 17.3 Å². The molecule has 2 N–H and O–H groups in total. The van der Waals surface area contributed by atoms with Gasteiger partial charge in [0, 0.05) is 16.1 Å². The number of Topliss-reactive ketones (excluding diaryl/α,β-unsaturated/α-hetero) is 1. The molecule has 1 rings (SSSR count). The van der Waals surface area contributed by atoms with Gasteiger partial charge in [0.1, 0.15) is 5.69 Å². The summed E-state index contributed by atoms with van der Waals surface area (Å²) in [5.41, 5.74) is 5.48. The molecule has 0 aliphatic rings. The number of hydrogen-bond acceptors (Lipinski definition) is 4. The number of nitrogen functional groups attached to an aromatic ring is 1. The van der Waals surface area contributed by atoms with E-state index in [4.69, 9.17) is 5.73 Å². The topological polar surface area (TPSA) is 86.2 Å². The molecule has 0 aliphatic carbocycles. The molecule has 0 unspecified atom stereocenters. The molecule has 0 heterocycles. The van der Waals surface area contributed by atoms with Crippen LogP contribution in [0.15, 0.2) is 16.6 Å². The summed E-state index contributed by atoms with van der Waals surface area (Å²) in [7, 11) is 0. The quantitative estimate of drug-likeness (QED) is 0.381. The zero-order valence-electron chi connectivity index (χ0n) is 7.28. The van der Waals surface area contributed by atoms with Gasteiger partial charge in [-0.05, 0) is 28.9 Å². The zero-order chi connectivity index (χ0) is 10.9. The maximum Gasteiger partial charge on any atom is 0.294 e. The number of anilines is 1. The number of hydrogen-bond donors (Lipinski definition) is 1. The van der Waals surface area contributed by atoms with Crippen molar-refractivity contribution in [3.05, 3.63) is 32.3 Å². The van der Waals surface area contributed by atoms with Crippen molar-refractivity contribution in [2.24, 2.45) is 0 Å². The Hall–Kier alpha value is -1.43. The average Bonchev–Trinajstić information content (AvgIpc) is 2.08. The van der Waals surface area contributed by atoms with Gasteiger partial charge in [0.05, 0.1) is 4.92 Å². The monoisotopic (exact) mass is 258 g/mol. The standard InChI is InChI=1S/C8H7BrN2O3/c1-4(12)5-2-6(9)8(10)7(3-5)11(13)14/h2-3H,10H2,1H3. The Labute approximate surface area is 88.2 Å². The fourth-order valence-corrected chi connectivity index (χ4v) is 1.41. The van der Waals surface area contributed by atoms with Crippen LogP contribution in [-0.2, 0) is 0 Å². The first kappa shape index (κ1) is 10.6. The van der Waals surface area contributed by atoms with Crippen molar-refractivity contribution in [2.75, 3.05) is 5.73 Å². The lowest BCUT2D eigenvalue weighted by Gasteiger charge is -2.02. The van der Waals surface area contributed by atoms with Crippen LogP contribution >= 0.6 is 15.9 Å². The molecule has 0 saturated carbocycles. The van der Waals surface area contributed by atoms with Gasteiger partial charge in [-0.3, -0.25) is 14.9 Å². The Morgan fingerprint density at radius 1 is 1.57 bits per heavy atom. The van der Waals surface area contributed by atoms with Gasteiger partial charge in [-0.2, -0.15) is 0 Å². The third kappa shape index (κ3) is 1.90. The summed E-state index contributed by atoms with van der Waals surface area (Å²) in [6, 6.07) is 2.63. The third-order valence-electron chi connectivity index (χ3n) is 1.71. The lowest BCUT2D eigenvalue weighted by atomic mass is 10.1. The molecule has 6 heteroatoms. The molecule has 5 nitrogen and oxygen atoms in total. The first-order chi connectivity index (χ1) is 6.43. The maximum atomic E-state index is 11.0. The molecular formula is C8H7BrN2O3. The summed E-state index contributed by atoms with van der Waals surface area (Å²) in [5, 5.41) is 10.5. The summed E-state index contributed by atoms with van der Waals surface area (Å²) in [4.78, 5) is 20.9. The maximum absolute atomic E-state index is 11.0. The molecule has 1 aromatic carbocycles. The van der Waals surface area contributed by atoms with E-state index in [0.717, 1.165) is 0 Å². The number of nitro groups is 1. The molecule has 0 amide bonds. The number of nitro benzene ring substituents is 1. The molecule has 0 radical (unpaired) electrons. The van der Waals surface area contributed by atoms with Crippen LogP contribution in [0.25, 0.3) is 0 Å². The number of ketones is 1. The molecule has 74 valence electrons. The SMILES string of the molecule is CC(=O)c1cc(Br)c(N)c([N+](=O)[O-])c1. The lowest BCUT2D eigenvalue weighted by Crippen LogP contribution is -2.00. The summed E-state index contributed by atoms with van der Waals surface area (Å²) < 4.78 is 0.358. The molecule has 0 aliphatic heterocycles. The fourth-order valence-electron chi connectivity index (χ4n) is 0.958. The van der Waals surface area contributed by atoms with Crippen molar-refractivity contribution in [1.82, 2.24) is 0 Å². The fraction of sp³-hybridized carbons (Fsp3) is 0.125. The van der Waals surface area contributed by atoms with E-state index >= 15 is 0 Å². The van der Waals surface area contributed by atoms with E-state index in [2.05, 4.69) is 15.9 Å². The van der Waals surface area contributed by atoms with Crippen molar-refractivity contribution in [1.29, 1.82) is 0 Å². The third-order valence-corrected chi connectivity index (χ3v) is 2.37. The number of rotatable bonds is 2. The van der Waals surface area contributed by atoms with E-state index in [9.17, 15) is 14.9 Å². The van der Waals surface area contributed by atoms with E-state index in [1.54, 1.807) is 0 Å². The normalized spacial score (nSPS) is 9.86. The molecule has 14 heavy (non-hydrogen) atoms. The van der Waals surface area contributed by atoms with Gasteiger partial charge in [-0.25, -0.2) is 0 Å². The van der Waals surface area contributed by atoms with Crippen molar-refractivity contribution in [2.45, 2.75) is 6.92 Å². The van der Waals surface area contributed by atoms with Gasteiger partial charge < -0.3 is 5.73 Å². The minimum Gasteiger partial charge on any atom is -0.392 e. The van der Waals surface area contributed by atoms with Gasteiger partial charge in [0.2, 0.25) is 0 Å². The van der Waals surface area contributed by atoms with E-state index in [1.165, 1.54) is 19.1 Å². The Balaban J connectivity index is 3.43. The molecule has 0 spiro atoms. The molecule has 0 bridgehead atoms. The van der Waals surface area contributed by atoms with Gasteiger partial charge in [-0.15, -0.1) is 0 Å². The van der Waals surface area contributed by atoms with Crippen molar-refractivity contribution >= 4 is 33.1 Å². The summed E-state index contributed by atoms with van der Waals surface area (Å²) in [6.07, 6.45) is 0. The van der Waals surface area contributed by atoms with Crippen LogP contribution < -0.4 is 5.73 Å². The lowest BCUT2D eigenvalue weighted by molar-refractivity contribution is -0.384. The van der Waals surface area contributed by atoms with E-state index in [-0.39, 0.29) is 22.7 Å². The second-order valence-electron chi connectivity index (χ2n) is 2.70. The van der Waals surface area contributed by atoms with Crippen molar-refractivity contribution in [3.8, 4) is 0 Å². The Morgan fingerprint density at radius 2 is 2.14 bits per heavy atom. The summed E-state index contributed by atoms with van der Waals surface area (Å²) in [6.45, 7) is 1.34. The smallest absolute Gasteiger partial charge is 0.294 e. The van der Waals surface area contributed by atoms with E-state index in [0.29, 0.717) is 4.47 Å². The van der Waals surface area contributed by atoms with Gasteiger partial charge in [0.15, 0.2) is 5.78 Å². The Bertz CT molecular complexity index is 417. The number of halogens is 1. The summed E-state index contributed by atoms with van der Waals surface area (Å²) in [5.74, 6) is -0.242. The van der Waals surface area contributed by atoms with Crippen LogP contribution in [0.3, 0.4) is 0 Å². The first-order valence-electron chi connectivity index (χ1n) is 3.68.